The molecular formula is C10H14F3IO4. The van der Waals surface area contributed by atoms with Crippen LogP contribution < -0.4 is 0 Å². The summed E-state index contributed by atoms with van der Waals surface area (Å²) in [5.74, 6) is -2.95. The maximum atomic E-state index is 11.9. The van der Waals surface area contributed by atoms with Crippen LogP contribution in [-0.2, 0) is 19.1 Å². The number of unbranched alkanes of at least 4 members (excludes halogenated alkanes) is 1. The van der Waals surface area contributed by atoms with Gasteiger partial charge in [-0.1, -0.05) is 35.9 Å². The summed E-state index contributed by atoms with van der Waals surface area (Å²) in [6.45, 7) is 2.13. The van der Waals surface area contributed by atoms with Crippen LogP contribution in [0.1, 0.15) is 26.2 Å². The van der Waals surface area contributed by atoms with Gasteiger partial charge >= 0.3 is 18.1 Å². The van der Waals surface area contributed by atoms with Crippen LogP contribution in [0.15, 0.2) is 0 Å². The molecule has 0 saturated heterocycles. The Hall–Kier alpha value is -0.540. The summed E-state index contributed by atoms with van der Waals surface area (Å²) in [5.41, 5.74) is 0. The minimum atomic E-state index is -5.05. The molecule has 0 aromatic heterocycles. The quantitative estimate of drug-likeness (QED) is 0.294. The molecule has 1 atom stereocenters. The van der Waals surface area contributed by atoms with Crippen molar-refractivity contribution in [3.05, 3.63) is 0 Å². The standard InChI is InChI=1S/C10H14F3IO4/c1-2-3-4-17-8(15)5-7(6-14)18-9(16)10(11,12)13/h7H,2-6H2,1H3. The fourth-order valence-electron chi connectivity index (χ4n) is 0.921. The first kappa shape index (κ1) is 17.5. The fourth-order valence-corrected chi connectivity index (χ4v) is 1.41. The van der Waals surface area contributed by atoms with Crippen molar-refractivity contribution in [2.45, 2.75) is 38.5 Å². The van der Waals surface area contributed by atoms with E-state index in [2.05, 4.69) is 4.74 Å². The van der Waals surface area contributed by atoms with Crippen LogP contribution in [-0.4, -0.2) is 35.3 Å². The average Bonchev–Trinajstić information content (AvgIpc) is 2.27. The molecule has 0 aromatic rings. The fraction of sp³-hybridized carbons (Fsp3) is 0.800. The third kappa shape index (κ3) is 7.72. The summed E-state index contributed by atoms with van der Waals surface area (Å²) in [6.07, 6.45) is -5.01. The molecule has 0 saturated carbocycles. The Morgan fingerprint density at radius 3 is 2.39 bits per heavy atom. The van der Waals surface area contributed by atoms with Gasteiger partial charge in [-0.25, -0.2) is 4.79 Å². The van der Waals surface area contributed by atoms with Gasteiger partial charge in [0.05, 0.1) is 13.0 Å². The van der Waals surface area contributed by atoms with E-state index in [0.29, 0.717) is 6.42 Å². The van der Waals surface area contributed by atoms with Gasteiger partial charge in [-0.05, 0) is 6.42 Å². The Balaban J connectivity index is 4.11. The second-order valence-corrected chi connectivity index (χ2v) is 4.34. The van der Waals surface area contributed by atoms with Crippen molar-refractivity contribution < 1.29 is 32.2 Å². The predicted octanol–water partition coefficient (Wildman–Crippen LogP) is 2.63. The van der Waals surface area contributed by atoms with Gasteiger partial charge in [0.15, 0.2) is 0 Å². The van der Waals surface area contributed by atoms with Crippen molar-refractivity contribution in [2.24, 2.45) is 0 Å². The van der Waals surface area contributed by atoms with Crippen molar-refractivity contribution in [3.8, 4) is 0 Å². The highest BCUT2D eigenvalue weighted by Crippen LogP contribution is 2.19. The van der Waals surface area contributed by atoms with Crippen LogP contribution in [0.4, 0.5) is 13.2 Å². The minimum Gasteiger partial charge on any atom is -0.466 e. The van der Waals surface area contributed by atoms with E-state index in [1.165, 1.54) is 0 Å². The number of hydrogen-bond donors (Lipinski definition) is 0. The monoisotopic (exact) mass is 382 g/mol. The van der Waals surface area contributed by atoms with Crippen molar-refractivity contribution >= 4 is 34.5 Å². The first-order chi connectivity index (χ1) is 8.31. The van der Waals surface area contributed by atoms with E-state index in [0.717, 1.165) is 6.42 Å². The highest BCUT2D eigenvalue weighted by atomic mass is 127. The number of carbonyl (C=O) groups is 2. The molecule has 0 amide bonds. The molecule has 0 bridgehead atoms. The van der Waals surface area contributed by atoms with Gasteiger partial charge < -0.3 is 9.47 Å². The Labute approximate surface area is 116 Å². The largest absolute Gasteiger partial charge is 0.490 e. The van der Waals surface area contributed by atoms with Crippen molar-refractivity contribution in [2.75, 3.05) is 11.0 Å². The Bertz CT molecular complexity index is 281. The third-order valence-corrected chi connectivity index (χ3v) is 2.81. The highest BCUT2D eigenvalue weighted by Gasteiger charge is 2.42. The third-order valence-electron chi connectivity index (χ3n) is 1.83. The lowest BCUT2D eigenvalue weighted by atomic mass is 10.3. The highest BCUT2D eigenvalue weighted by molar-refractivity contribution is 14.1. The molecule has 0 fully saturated rings. The molecule has 0 radical (unpaired) electrons. The van der Waals surface area contributed by atoms with E-state index in [4.69, 9.17) is 4.74 Å². The molecule has 0 heterocycles. The van der Waals surface area contributed by atoms with Crippen LogP contribution in [0, 0.1) is 0 Å². The van der Waals surface area contributed by atoms with Gasteiger partial charge in [0.1, 0.15) is 6.10 Å². The number of halogens is 4. The summed E-state index contributed by atoms with van der Waals surface area (Å²) in [5, 5.41) is 0. The number of hydrogen-bond acceptors (Lipinski definition) is 4. The number of ether oxygens (including phenoxy) is 2. The number of alkyl halides is 4. The average molecular weight is 382 g/mol. The summed E-state index contributed by atoms with van der Waals surface area (Å²) in [7, 11) is 0. The number of rotatable bonds is 7. The van der Waals surface area contributed by atoms with E-state index in [1.54, 1.807) is 22.6 Å². The zero-order valence-electron chi connectivity index (χ0n) is 9.76. The molecule has 1 unspecified atom stereocenters. The first-order valence-corrected chi connectivity index (χ1v) is 6.83. The van der Waals surface area contributed by atoms with E-state index in [1.807, 2.05) is 6.92 Å². The molecule has 0 N–H and O–H groups in total. The van der Waals surface area contributed by atoms with Crippen LogP contribution in [0.3, 0.4) is 0 Å². The van der Waals surface area contributed by atoms with Gasteiger partial charge in [0.25, 0.3) is 0 Å². The molecule has 18 heavy (non-hydrogen) atoms. The molecule has 8 heteroatoms. The second-order valence-electron chi connectivity index (χ2n) is 3.46. The number of carbonyl (C=O) groups excluding carboxylic acids is 2. The van der Waals surface area contributed by atoms with Gasteiger partial charge in [-0.3, -0.25) is 4.79 Å². The minimum absolute atomic E-state index is 0.0858. The number of esters is 2. The van der Waals surface area contributed by atoms with E-state index < -0.39 is 24.2 Å². The van der Waals surface area contributed by atoms with Crippen molar-refractivity contribution in [1.82, 2.24) is 0 Å². The van der Waals surface area contributed by atoms with Gasteiger partial charge in [0.2, 0.25) is 0 Å². The van der Waals surface area contributed by atoms with E-state index >= 15 is 0 Å². The van der Waals surface area contributed by atoms with Crippen molar-refractivity contribution in [3.63, 3.8) is 0 Å². The van der Waals surface area contributed by atoms with Gasteiger partial charge in [-0.2, -0.15) is 13.2 Å². The smallest absolute Gasteiger partial charge is 0.466 e. The lowest BCUT2D eigenvalue weighted by Crippen LogP contribution is -2.32. The maximum absolute atomic E-state index is 11.9. The predicted molar refractivity (Wildman–Crippen MR) is 65.3 cm³/mol. The molecule has 0 aliphatic heterocycles. The molecular weight excluding hydrogens is 368 g/mol. The molecule has 0 spiro atoms. The SMILES string of the molecule is CCCCOC(=O)CC(CI)OC(=O)C(F)(F)F. The van der Waals surface area contributed by atoms with Crippen LogP contribution in [0.25, 0.3) is 0 Å². The zero-order chi connectivity index (χ0) is 14.2. The lowest BCUT2D eigenvalue weighted by molar-refractivity contribution is -0.204. The van der Waals surface area contributed by atoms with Crippen LogP contribution in [0.2, 0.25) is 0 Å². The Morgan fingerprint density at radius 1 is 1.33 bits per heavy atom. The summed E-state index contributed by atoms with van der Waals surface area (Å²) in [4.78, 5) is 21.8. The topological polar surface area (TPSA) is 52.6 Å². The summed E-state index contributed by atoms with van der Waals surface area (Å²) in [6, 6.07) is 0. The molecule has 0 aromatic carbocycles. The van der Waals surface area contributed by atoms with Crippen LogP contribution in [0.5, 0.6) is 0 Å². The lowest BCUT2D eigenvalue weighted by Gasteiger charge is -2.15. The summed E-state index contributed by atoms with van der Waals surface area (Å²) >= 11 is 1.74. The van der Waals surface area contributed by atoms with Gasteiger partial charge in [0, 0.05) is 4.43 Å². The molecule has 0 aliphatic rings. The normalized spacial score (nSPS) is 12.9. The molecule has 0 aliphatic carbocycles. The Morgan fingerprint density at radius 2 is 1.94 bits per heavy atom. The van der Waals surface area contributed by atoms with E-state index in [9.17, 15) is 22.8 Å². The van der Waals surface area contributed by atoms with Gasteiger partial charge in [-0.15, -0.1) is 0 Å². The van der Waals surface area contributed by atoms with Crippen molar-refractivity contribution in [1.29, 1.82) is 0 Å². The summed E-state index contributed by atoms with van der Waals surface area (Å²) < 4.78 is 44.8. The first-order valence-electron chi connectivity index (χ1n) is 5.30. The van der Waals surface area contributed by atoms with Crippen LogP contribution >= 0.6 is 22.6 Å². The molecule has 4 nitrogen and oxygen atoms in total. The maximum Gasteiger partial charge on any atom is 0.490 e. The molecule has 0 rings (SSSR count). The second kappa shape index (κ2) is 8.54. The van der Waals surface area contributed by atoms with E-state index in [-0.39, 0.29) is 17.5 Å². The molecule has 106 valence electrons. The Kier molecular flexibility index (Phi) is 8.29. The zero-order valence-corrected chi connectivity index (χ0v) is 11.9.